The summed E-state index contributed by atoms with van der Waals surface area (Å²) in [6.45, 7) is 0.260. The van der Waals surface area contributed by atoms with Crippen molar-refractivity contribution < 1.29 is 13.9 Å². The van der Waals surface area contributed by atoms with Crippen LogP contribution in [-0.4, -0.2) is 35.8 Å². The van der Waals surface area contributed by atoms with E-state index in [-0.39, 0.29) is 31.3 Å². The number of nitrogens with one attached hydrogen (secondary N) is 1. The molecule has 6 heteroatoms. The number of rotatable bonds is 4. The average molecular weight is 352 g/mol. The Morgan fingerprint density at radius 1 is 1.73 bits per heavy atom. The van der Waals surface area contributed by atoms with Gasteiger partial charge >= 0.3 is 5.97 Å². The highest BCUT2D eigenvalue weighted by molar-refractivity contribution is 14.1. The summed E-state index contributed by atoms with van der Waals surface area (Å²) in [7, 11) is 1.35. The first-order chi connectivity index (χ1) is 6.64. The molecule has 15 heavy (non-hydrogen) atoms. The van der Waals surface area contributed by atoms with E-state index in [9.17, 15) is 9.18 Å². The van der Waals surface area contributed by atoms with Crippen LogP contribution in [0.25, 0.3) is 0 Å². The summed E-state index contributed by atoms with van der Waals surface area (Å²) in [5.41, 5.74) is -0.765. The lowest BCUT2D eigenvalue weighted by atomic mass is 9.92. The highest BCUT2D eigenvalue weighted by atomic mass is 127. The third kappa shape index (κ3) is 3.71. The van der Waals surface area contributed by atoms with E-state index in [4.69, 9.17) is 4.74 Å². The van der Waals surface area contributed by atoms with Crippen molar-refractivity contribution in [2.75, 3.05) is 18.1 Å². The first-order valence-corrected chi connectivity index (χ1v) is 6.20. The zero-order chi connectivity index (χ0) is 10.6. The van der Waals surface area contributed by atoms with Gasteiger partial charge in [-0.15, -0.1) is 12.4 Å². The molecule has 0 aromatic carbocycles. The Hall–Kier alpha value is 0.380. The molecule has 0 unspecified atom stereocenters. The smallest absolute Gasteiger partial charge is 0.326 e. The van der Waals surface area contributed by atoms with E-state index < -0.39 is 11.7 Å². The Labute approximate surface area is 109 Å². The fourth-order valence-corrected chi connectivity index (χ4v) is 2.22. The van der Waals surface area contributed by atoms with Gasteiger partial charge in [0.25, 0.3) is 0 Å². The third-order valence-electron chi connectivity index (χ3n) is 2.55. The lowest BCUT2D eigenvalue weighted by molar-refractivity contribution is -0.148. The summed E-state index contributed by atoms with van der Waals surface area (Å²) >= 11 is 2.25. The van der Waals surface area contributed by atoms with Crippen molar-refractivity contribution in [1.29, 1.82) is 0 Å². The predicted octanol–water partition coefficient (Wildman–Crippen LogP) is 1.87. The molecular formula is C9H16ClFINO2. The van der Waals surface area contributed by atoms with Gasteiger partial charge in [-0.25, -0.2) is 4.39 Å². The molecule has 1 fully saturated rings. The van der Waals surface area contributed by atoms with Crippen molar-refractivity contribution >= 4 is 41.0 Å². The minimum Gasteiger partial charge on any atom is -0.468 e. The standard InChI is InChI=1S/C9H15FINO2.ClH/c1-14-8(13)9(3-2-4-11)5-7(10)6-12-9;/h7,12H,2-6H2,1H3;1H/t7-,9-;/m0./s1. The molecule has 0 radical (unpaired) electrons. The van der Waals surface area contributed by atoms with E-state index in [0.29, 0.717) is 6.42 Å². The first kappa shape index (κ1) is 15.4. The molecule has 90 valence electrons. The highest BCUT2D eigenvalue weighted by Crippen LogP contribution is 2.28. The third-order valence-corrected chi connectivity index (χ3v) is 3.31. The molecule has 0 aromatic rings. The van der Waals surface area contributed by atoms with Crippen LogP contribution in [0.15, 0.2) is 0 Å². The molecule has 1 N–H and O–H groups in total. The highest BCUT2D eigenvalue weighted by Gasteiger charge is 2.45. The van der Waals surface area contributed by atoms with Gasteiger partial charge in [0.05, 0.1) is 7.11 Å². The normalized spacial score (nSPS) is 29.7. The molecule has 0 bridgehead atoms. The second-order valence-corrected chi connectivity index (χ2v) is 4.63. The molecule has 0 aliphatic carbocycles. The maximum Gasteiger partial charge on any atom is 0.326 e. The quantitative estimate of drug-likeness (QED) is 0.477. The van der Waals surface area contributed by atoms with E-state index in [1.165, 1.54) is 7.11 Å². The van der Waals surface area contributed by atoms with Crippen molar-refractivity contribution in [2.24, 2.45) is 0 Å². The monoisotopic (exact) mass is 351 g/mol. The summed E-state index contributed by atoms with van der Waals surface area (Å²) in [6, 6.07) is 0. The Balaban J connectivity index is 0.00000196. The molecule has 0 amide bonds. The molecule has 1 aliphatic rings. The van der Waals surface area contributed by atoms with Crippen LogP contribution >= 0.6 is 35.0 Å². The summed E-state index contributed by atoms with van der Waals surface area (Å²) in [4.78, 5) is 11.5. The average Bonchev–Trinajstić information content (AvgIpc) is 2.57. The van der Waals surface area contributed by atoms with Gasteiger partial charge in [-0.3, -0.25) is 10.1 Å². The lowest BCUT2D eigenvalue weighted by Gasteiger charge is -2.25. The van der Waals surface area contributed by atoms with Gasteiger partial charge in [-0.05, 0) is 17.3 Å². The lowest BCUT2D eigenvalue weighted by Crippen LogP contribution is -2.48. The van der Waals surface area contributed by atoms with Crippen molar-refractivity contribution in [2.45, 2.75) is 31.0 Å². The summed E-state index contributed by atoms with van der Waals surface area (Å²) in [5, 5.41) is 2.95. The second-order valence-electron chi connectivity index (χ2n) is 3.55. The number of methoxy groups -OCH3 is 1. The van der Waals surface area contributed by atoms with Gasteiger partial charge in [0.1, 0.15) is 11.7 Å². The van der Waals surface area contributed by atoms with Crippen molar-refractivity contribution in [3.8, 4) is 0 Å². The molecular weight excluding hydrogens is 335 g/mol. The number of alkyl halides is 2. The topological polar surface area (TPSA) is 38.3 Å². The van der Waals surface area contributed by atoms with Crippen LogP contribution < -0.4 is 5.32 Å². The minimum absolute atomic E-state index is 0. The van der Waals surface area contributed by atoms with Crippen LogP contribution in [-0.2, 0) is 9.53 Å². The number of halogens is 3. The number of carbonyl (C=O) groups is 1. The fourth-order valence-electron chi connectivity index (χ4n) is 1.84. The Morgan fingerprint density at radius 2 is 2.40 bits per heavy atom. The molecule has 3 nitrogen and oxygen atoms in total. The zero-order valence-electron chi connectivity index (χ0n) is 8.59. The minimum atomic E-state index is -0.927. The molecule has 1 saturated heterocycles. The molecule has 1 aliphatic heterocycles. The number of esters is 1. The molecule has 2 atom stereocenters. The second kappa shape index (κ2) is 6.85. The Kier molecular flexibility index (Phi) is 7.03. The van der Waals surface area contributed by atoms with Crippen LogP contribution in [0.2, 0.25) is 0 Å². The van der Waals surface area contributed by atoms with E-state index in [2.05, 4.69) is 27.9 Å². The van der Waals surface area contributed by atoms with Gasteiger partial charge in [-0.1, -0.05) is 22.6 Å². The van der Waals surface area contributed by atoms with Crippen LogP contribution in [0.1, 0.15) is 19.3 Å². The number of hydrogen-bond donors (Lipinski definition) is 1. The Bertz CT molecular complexity index is 220. The molecule has 0 saturated carbocycles. The molecule has 0 aromatic heterocycles. The number of carbonyl (C=O) groups excluding carboxylic acids is 1. The SMILES string of the molecule is COC(=O)[C@]1(CCCI)C[C@H](F)CN1.Cl. The van der Waals surface area contributed by atoms with E-state index in [0.717, 1.165) is 10.8 Å². The maximum absolute atomic E-state index is 13.1. The predicted molar refractivity (Wildman–Crippen MR) is 67.6 cm³/mol. The summed E-state index contributed by atoms with van der Waals surface area (Å²) in [6.07, 6.45) is 0.873. The van der Waals surface area contributed by atoms with E-state index >= 15 is 0 Å². The van der Waals surface area contributed by atoms with Gasteiger partial charge in [-0.2, -0.15) is 0 Å². The van der Waals surface area contributed by atoms with Crippen molar-refractivity contribution in [3.05, 3.63) is 0 Å². The van der Waals surface area contributed by atoms with Crippen LogP contribution in [0, 0.1) is 0 Å². The Morgan fingerprint density at radius 3 is 2.80 bits per heavy atom. The number of ether oxygens (including phenoxy) is 1. The summed E-state index contributed by atoms with van der Waals surface area (Å²) < 4.78 is 18.8. The fraction of sp³-hybridized carbons (Fsp3) is 0.889. The van der Waals surface area contributed by atoms with Gasteiger partial charge in [0.15, 0.2) is 0 Å². The first-order valence-electron chi connectivity index (χ1n) is 4.68. The van der Waals surface area contributed by atoms with Gasteiger partial charge < -0.3 is 4.74 Å². The molecule has 0 spiro atoms. The van der Waals surface area contributed by atoms with Gasteiger partial charge in [0, 0.05) is 13.0 Å². The maximum atomic E-state index is 13.1. The zero-order valence-corrected chi connectivity index (χ0v) is 11.6. The van der Waals surface area contributed by atoms with E-state index in [1.807, 2.05) is 0 Å². The largest absolute Gasteiger partial charge is 0.468 e. The van der Waals surface area contributed by atoms with Crippen LogP contribution in [0.4, 0.5) is 4.39 Å². The van der Waals surface area contributed by atoms with E-state index in [1.54, 1.807) is 0 Å². The van der Waals surface area contributed by atoms with Crippen LogP contribution in [0.5, 0.6) is 0 Å². The molecule has 1 rings (SSSR count). The molecule has 1 heterocycles. The van der Waals surface area contributed by atoms with Gasteiger partial charge in [0.2, 0.25) is 0 Å². The van der Waals surface area contributed by atoms with Crippen molar-refractivity contribution in [1.82, 2.24) is 5.32 Å². The van der Waals surface area contributed by atoms with Crippen molar-refractivity contribution in [3.63, 3.8) is 0 Å². The van der Waals surface area contributed by atoms with Crippen LogP contribution in [0.3, 0.4) is 0 Å². The summed E-state index contributed by atoms with van der Waals surface area (Å²) in [5.74, 6) is -0.331. The number of hydrogen-bond acceptors (Lipinski definition) is 3.